The first-order valence-electron chi connectivity index (χ1n) is 20.6. The van der Waals surface area contributed by atoms with Gasteiger partial charge in [0.05, 0.1) is 5.92 Å². The van der Waals surface area contributed by atoms with E-state index in [1.807, 2.05) is 13.8 Å². The van der Waals surface area contributed by atoms with E-state index in [0.717, 1.165) is 6.92 Å². The van der Waals surface area contributed by atoms with Gasteiger partial charge in [-0.05, 0) is 86.6 Å². The fourth-order valence-corrected chi connectivity index (χ4v) is 4.41. The normalized spacial score (nSPS) is 15.6. The Balaban J connectivity index is -0.000000804. The molecule has 6 amide bonds. The minimum atomic E-state index is -4.57. The molecular weight excluding hydrogens is 885 g/mol. The summed E-state index contributed by atoms with van der Waals surface area (Å²) in [5.41, 5.74) is 0.0560. The second kappa shape index (κ2) is 27.8. The molecule has 376 valence electrons. The molecule has 1 aliphatic rings. The summed E-state index contributed by atoms with van der Waals surface area (Å²) in [4.78, 5) is 93.0. The second-order valence-corrected chi connectivity index (χ2v) is 17.9. The number of halogens is 6. The largest absolute Gasteiger partial charge is 0.482 e. The Morgan fingerprint density at radius 3 is 1.45 bits per heavy atom. The lowest BCUT2D eigenvalue weighted by Gasteiger charge is -2.31. The third kappa shape index (κ3) is 26.4. The fourth-order valence-electron chi connectivity index (χ4n) is 4.41. The van der Waals surface area contributed by atoms with Crippen molar-refractivity contribution in [3.05, 3.63) is 60.9 Å². The summed E-state index contributed by atoms with van der Waals surface area (Å²) in [6.45, 7) is 39.0. The van der Waals surface area contributed by atoms with Crippen LogP contribution in [-0.4, -0.2) is 89.5 Å². The lowest BCUT2D eigenvalue weighted by Crippen LogP contribution is -2.47. The summed E-state index contributed by atoms with van der Waals surface area (Å²) in [6.07, 6.45) is -11.7. The van der Waals surface area contributed by atoms with Crippen LogP contribution in [0.15, 0.2) is 60.9 Å². The molecule has 1 fully saturated rings. The molecule has 1 aliphatic carbocycles. The third-order valence-corrected chi connectivity index (χ3v) is 8.67. The molecule has 20 heteroatoms. The van der Waals surface area contributed by atoms with Crippen LogP contribution in [0, 0.1) is 22.7 Å². The number of alkyl halides is 6. The maximum absolute atomic E-state index is 12.4. The summed E-state index contributed by atoms with van der Waals surface area (Å²) < 4.78 is 86.8. The maximum atomic E-state index is 12.4. The highest BCUT2D eigenvalue weighted by Gasteiger charge is 2.43. The number of carbonyl (C=O) groups is 8. The van der Waals surface area contributed by atoms with Crippen molar-refractivity contribution in [2.75, 3.05) is 6.61 Å². The number of allylic oxidation sites excluding steroid dienone is 1. The Bertz CT molecular complexity index is 1810. The number of ether oxygens (including phenoxy) is 3. The maximum Gasteiger partial charge on any atom is 0.425 e. The smallest absolute Gasteiger partial charge is 0.425 e. The van der Waals surface area contributed by atoms with E-state index in [1.54, 1.807) is 55.4 Å². The van der Waals surface area contributed by atoms with Crippen LogP contribution in [0.1, 0.15) is 123 Å². The van der Waals surface area contributed by atoms with Gasteiger partial charge in [-0.1, -0.05) is 74.4 Å². The number of hydrogen-bond acceptors (Lipinski definition) is 11. The van der Waals surface area contributed by atoms with Crippen molar-refractivity contribution in [2.45, 2.75) is 153 Å². The van der Waals surface area contributed by atoms with Gasteiger partial charge < -0.3 is 14.2 Å². The molecule has 1 rings (SSSR count). The molecule has 0 aromatic rings. The minimum Gasteiger partial charge on any atom is -0.482 e. The van der Waals surface area contributed by atoms with Crippen LogP contribution >= 0.6 is 0 Å². The number of hydrogen-bond donors (Lipinski definition) is 2. The van der Waals surface area contributed by atoms with E-state index in [9.17, 15) is 64.7 Å². The van der Waals surface area contributed by atoms with E-state index in [4.69, 9.17) is 9.47 Å². The van der Waals surface area contributed by atoms with Crippen molar-refractivity contribution >= 4 is 47.4 Å². The summed E-state index contributed by atoms with van der Waals surface area (Å²) in [6, 6.07) is -0.138. The number of amides is 6. The molecule has 2 unspecified atom stereocenters. The van der Waals surface area contributed by atoms with Crippen molar-refractivity contribution in [1.29, 1.82) is 0 Å². The second-order valence-electron chi connectivity index (χ2n) is 17.9. The first-order valence-corrected chi connectivity index (χ1v) is 20.6. The van der Waals surface area contributed by atoms with Crippen molar-refractivity contribution in [2.24, 2.45) is 22.7 Å². The first kappa shape index (κ1) is 64.7. The third-order valence-electron chi connectivity index (χ3n) is 8.67. The average molecular weight is 954 g/mol. The Labute approximate surface area is 384 Å². The Hall–Kier alpha value is -5.56. The van der Waals surface area contributed by atoms with Crippen LogP contribution in [0.2, 0.25) is 0 Å². The van der Waals surface area contributed by atoms with Crippen LogP contribution in [-0.2, 0) is 52.6 Å². The van der Waals surface area contributed by atoms with Crippen LogP contribution in [0.3, 0.4) is 0 Å². The molecule has 66 heavy (non-hydrogen) atoms. The van der Waals surface area contributed by atoms with Gasteiger partial charge in [0, 0.05) is 39.5 Å². The van der Waals surface area contributed by atoms with Crippen molar-refractivity contribution < 1.29 is 78.9 Å². The predicted octanol–water partition coefficient (Wildman–Crippen LogP) is 8.72. The molecule has 0 heterocycles. The molecule has 0 spiro atoms. The summed E-state index contributed by atoms with van der Waals surface area (Å²) in [5.74, 6) is -6.03. The van der Waals surface area contributed by atoms with Gasteiger partial charge in [-0.2, -0.15) is 26.3 Å². The zero-order valence-corrected chi connectivity index (χ0v) is 40.7. The van der Waals surface area contributed by atoms with Gasteiger partial charge in [-0.25, -0.2) is 9.59 Å². The molecule has 14 nitrogen and oxygen atoms in total. The molecule has 0 saturated heterocycles. The molecule has 1 saturated carbocycles. The van der Waals surface area contributed by atoms with Gasteiger partial charge in [0.1, 0.15) is 5.76 Å². The number of imide groups is 3. The lowest BCUT2D eigenvalue weighted by molar-refractivity contribution is -0.217. The first-order chi connectivity index (χ1) is 29.5. The monoisotopic (exact) mass is 953 g/mol. The molecular formula is C46H69F6N3O11. The van der Waals surface area contributed by atoms with E-state index in [2.05, 4.69) is 48.3 Å². The van der Waals surface area contributed by atoms with Gasteiger partial charge in [0.25, 0.3) is 17.7 Å². The highest BCUT2D eigenvalue weighted by molar-refractivity contribution is 6.05. The average Bonchev–Trinajstić information content (AvgIpc) is 3.15. The van der Waals surface area contributed by atoms with Crippen LogP contribution < -0.4 is 10.6 Å². The summed E-state index contributed by atoms with van der Waals surface area (Å²) in [7, 11) is 0. The lowest BCUT2D eigenvalue weighted by atomic mass is 9.81. The van der Waals surface area contributed by atoms with Crippen molar-refractivity contribution in [3.63, 3.8) is 0 Å². The van der Waals surface area contributed by atoms with Gasteiger partial charge in [-0.15, -0.1) is 0 Å². The Kier molecular flexibility index (Phi) is 27.3. The molecule has 2 N–H and O–H groups in total. The van der Waals surface area contributed by atoms with Crippen LogP contribution in [0.5, 0.6) is 0 Å². The van der Waals surface area contributed by atoms with Gasteiger partial charge in [0.2, 0.25) is 17.7 Å². The highest BCUT2D eigenvalue weighted by Crippen LogP contribution is 2.39. The fraction of sp³-hybridized carbons (Fsp3) is 0.609. The number of esters is 2. The molecule has 0 radical (unpaired) electrons. The highest BCUT2D eigenvalue weighted by atomic mass is 19.4. The van der Waals surface area contributed by atoms with Crippen LogP contribution in [0.4, 0.5) is 26.3 Å². The summed E-state index contributed by atoms with van der Waals surface area (Å²) in [5, 5.41) is 4.32. The topological polar surface area (TPSA) is 192 Å². The number of nitrogens with zero attached hydrogens (tertiary/aromatic N) is 1. The molecule has 0 bridgehead atoms. The zero-order chi connectivity index (χ0) is 53.0. The number of rotatable bonds is 12. The molecule has 0 aliphatic heterocycles. The zero-order valence-electron chi connectivity index (χ0n) is 40.7. The van der Waals surface area contributed by atoms with E-state index in [-0.39, 0.29) is 60.4 Å². The van der Waals surface area contributed by atoms with E-state index < -0.39 is 89.4 Å². The quantitative estimate of drug-likeness (QED) is 0.0625. The van der Waals surface area contributed by atoms with Gasteiger partial charge in [0.15, 0.2) is 18.8 Å². The molecule has 0 aromatic heterocycles. The number of nitrogens with one attached hydrogen (secondary N) is 2. The SMILES string of the molecule is C=C(C)C(=C)OCC(=O)OC(C)C(F)(F)F.C=C(C)C(=O)N(C(=O)C(C)(C)C)C(C)C.C=C(C)C(=O)NC(=O)C1CCC(C(F)(F)F)CC1.C=C(C)C(=O)OC(C)C(=O)NC(=O)C(C)(C)C. The minimum absolute atomic E-state index is 0.0527. The molecule has 2 atom stereocenters. The Morgan fingerprint density at radius 2 is 1.12 bits per heavy atom. The van der Waals surface area contributed by atoms with Crippen molar-refractivity contribution in [1.82, 2.24) is 15.5 Å². The van der Waals surface area contributed by atoms with Gasteiger partial charge in [-0.3, -0.25) is 44.3 Å². The van der Waals surface area contributed by atoms with Crippen LogP contribution in [0.25, 0.3) is 0 Å². The Morgan fingerprint density at radius 1 is 0.652 bits per heavy atom. The van der Waals surface area contributed by atoms with E-state index in [1.165, 1.54) is 25.7 Å². The van der Waals surface area contributed by atoms with E-state index in [0.29, 0.717) is 11.1 Å². The summed E-state index contributed by atoms with van der Waals surface area (Å²) >= 11 is 0. The molecule has 0 aromatic carbocycles. The van der Waals surface area contributed by atoms with Crippen molar-refractivity contribution in [3.8, 4) is 0 Å². The van der Waals surface area contributed by atoms with Gasteiger partial charge >= 0.3 is 24.3 Å². The number of carbonyl (C=O) groups excluding carboxylic acids is 8. The standard InChI is InChI=1S/C12H16F3NO2.C12H19NO4.C12H21NO2.C10H13F3O3/c1-7(2)10(17)16-11(18)8-3-5-9(6-4-8)12(13,14)15;1-7(2)10(15)17-8(3)9(14)13-11(16)12(4,5)6;1-8(2)10(14)13(9(3)4)11(15)12(5,6)7;1-6(2)7(3)15-5-9(14)16-8(4)10(11,12)13/h8-9H,1,3-6H2,2H3,(H,16,17,18);8H,1H2,2-6H3,(H,13,14,16);9H,1H2,2-7H3;8H,1,3,5H2,2,4H3. The predicted molar refractivity (Wildman–Crippen MR) is 235 cm³/mol. The van der Waals surface area contributed by atoms with E-state index >= 15 is 0 Å².